The minimum atomic E-state index is -1.12. The van der Waals surface area contributed by atoms with Crippen LogP contribution in [0.1, 0.15) is 17.5 Å². The number of amides is 1. The molecule has 1 aromatic carbocycles. The molecule has 0 aromatic heterocycles. The van der Waals surface area contributed by atoms with Gasteiger partial charge in [-0.3, -0.25) is 4.79 Å². The maximum Gasteiger partial charge on any atom is 0.327 e. The lowest BCUT2D eigenvalue weighted by molar-refractivity contribution is -0.141. The van der Waals surface area contributed by atoms with E-state index in [2.05, 4.69) is 11.2 Å². The van der Waals surface area contributed by atoms with Gasteiger partial charge in [-0.05, 0) is 18.1 Å². The molecular weight excluding hydrogens is 230 g/mol. The van der Waals surface area contributed by atoms with E-state index >= 15 is 0 Å². The summed E-state index contributed by atoms with van der Waals surface area (Å²) in [5.41, 5.74) is 1.87. The van der Waals surface area contributed by atoms with Gasteiger partial charge in [0.2, 0.25) is 5.91 Å². The molecule has 0 aliphatic carbocycles. The van der Waals surface area contributed by atoms with Crippen LogP contribution in [0.5, 0.6) is 0 Å². The molecule has 2 N–H and O–H groups in total. The Bertz CT molecular complexity index is 488. The fraction of sp³-hybridized carbons (Fsp3) is 0.286. The molecule has 0 aliphatic rings. The Morgan fingerprint density at radius 2 is 2.11 bits per heavy atom. The molecule has 0 saturated carbocycles. The van der Waals surface area contributed by atoms with E-state index in [1.807, 2.05) is 31.2 Å². The number of carboxylic acid groups (broad SMARTS) is 1. The molecule has 0 fully saturated rings. The molecule has 1 unspecified atom stereocenters. The standard InChI is InChI=1S/C14H15NO3/c1-3-6-12(14(17)18)15-13(16)9-11-8-5-4-7-10(11)2/h1,4-5,7-8,12H,6,9H2,2H3,(H,15,16)(H,17,18). The van der Waals surface area contributed by atoms with Gasteiger partial charge in [0, 0.05) is 6.42 Å². The molecule has 1 rings (SSSR count). The quantitative estimate of drug-likeness (QED) is 0.764. The first-order valence-electron chi connectivity index (χ1n) is 5.54. The van der Waals surface area contributed by atoms with Gasteiger partial charge in [0.1, 0.15) is 6.04 Å². The zero-order chi connectivity index (χ0) is 13.5. The first-order chi connectivity index (χ1) is 8.54. The van der Waals surface area contributed by atoms with Gasteiger partial charge >= 0.3 is 5.97 Å². The predicted octanol–water partition coefficient (Wildman–Crippen LogP) is 1.13. The number of hydrogen-bond donors (Lipinski definition) is 2. The molecule has 94 valence electrons. The molecule has 0 spiro atoms. The Morgan fingerprint density at radius 3 is 2.67 bits per heavy atom. The normalized spacial score (nSPS) is 11.3. The van der Waals surface area contributed by atoms with E-state index in [9.17, 15) is 9.59 Å². The molecule has 1 aromatic rings. The molecule has 4 nitrogen and oxygen atoms in total. The van der Waals surface area contributed by atoms with Crippen LogP contribution < -0.4 is 5.32 Å². The van der Waals surface area contributed by atoms with Crippen LogP contribution in [0.15, 0.2) is 24.3 Å². The lowest BCUT2D eigenvalue weighted by Gasteiger charge is -2.12. The molecule has 18 heavy (non-hydrogen) atoms. The van der Waals surface area contributed by atoms with E-state index < -0.39 is 12.0 Å². The number of carbonyl (C=O) groups is 2. The van der Waals surface area contributed by atoms with Gasteiger partial charge in [-0.25, -0.2) is 4.79 Å². The van der Waals surface area contributed by atoms with Crippen LogP contribution in [0.25, 0.3) is 0 Å². The Hall–Kier alpha value is -2.28. The summed E-state index contributed by atoms with van der Waals surface area (Å²) in [4.78, 5) is 22.5. The number of nitrogens with one attached hydrogen (secondary N) is 1. The fourth-order valence-electron chi connectivity index (χ4n) is 1.54. The van der Waals surface area contributed by atoms with Crippen molar-refractivity contribution in [1.82, 2.24) is 5.32 Å². The number of rotatable bonds is 5. The second-order valence-corrected chi connectivity index (χ2v) is 3.97. The molecule has 0 heterocycles. The Labute approximate surface area is 106 Å². The van der Waals surface area contributed by atoms with Crippen LogP contribution >= 0.6 is 0 Å². The first kappa shape index (κ1) is 13.8. The van der Waals surface area contributed by atoms with Crippen molar-refractivity contribution in [2.45, 2.75) is 25.8 Å². The highest BCUT2D eigenvalue weighted by Crippen LogP contribution is 2.07. The van der Waals surface area contributed by atoms with Crippen LogP contribution in [-0.2, 0) is 16.0 Å². The largest absolute Gasteiger partial charge is 0.480 e. The average Bonchev–Trinajstić information content (AvgIpc) is 2.31. The summed E-state index contributed by atoms with van der Waals surface area (Å²) in [7, 11) is 0. The highest BCUT2D eigenvalue weighted by molar-refractivity contribution is 5.85. The van der Waals surface area contributed by atoms with Gasteiger partial charge in [-0.2, -0.15) is 0 Å². The lowest BCUT2D eigenvalue weighted by Crippen LogP contribution is -2.41. The van der Waals surface area contributed by atoms with E-state index in [1.54, 1.807) is 0 Å². The molecule has 4 heteroatoms. The van der Waals surface area contributed by atoms with Crippen molar-refractivity contribution in [1.29, 1.82) is 0 Å². The number of terminal acetylenes is 1. The maximum atomic E-state index is 11.7. The summed E-state index contributed by atoms with van der Waals surface area (Å²) >= 11 is 0. The number of hydrogen-bond acceptors (Lipinski definition) is 2. The highest BCUT2D eigenvalue weighted by atomic mass is 16.4. The minimum absolute atomic E-state index is 0.0190. The summed E-state index contributed by atoms with van der Waals surface area (Å²) in [5, 5.41) is 11.3. The second kappa shape index (κ2) is 6.45. The number of benzene rings is 1. The number of aryl methyl sites for hydroxylation is 1. The third-order valence-corrected chi connectivity index (χ3v) is 2.57. The van der Waals surface area contributed by atoms with Crippen LogP contribution in [-0.4, -0.2) is 23.0 Å². The molecule has 1 atom stereocenters. The van der Waals surface area contributed by atoms with Crippen LogP contribution in [0.2, 0.25) is 0 Å². The van der Waals surface area contributed by atoms with Crippen molar-refractivity contribution in [3.8, 4) is 12.3 Å². The van der Waals surface area contributed by atoms with Crippen LogP contribution in [0.3, 0.4) is 0 Å². The fourth-order valence-corrected chi connectivity index (χ4v) is 1.54. The SMILES string of the molecule is C#CCC(NC(=O)Cc1ccccc1C)C(=O)O. The molecule has 0 aliphatic heterocycles. The van der Waals surface area contributed by atoms with Gasteiger partial charge in [-0.1, -0.05) is 24.3 Å². The summed E-state index contributed by atoms with van der Waals surface area (Å²) in [6.45, 7) is 1.90. The lowest BCUT2D eigenvalue weighted by atomic mass is 10.1. The van der Waals surface area contributed by atoms with Crippen molar-refractivity contribution in [2.24, 2.45) is 0 Å². The zero-order valence-electron chi connectivity index (χ0n) is 10.1. The monoisotopic (exact) mass is 245 g/mol. The van der Waals surface area contributed by atoms with E-state index in [-0.39, 0.29) is 18.7 Å². The van der Waals surface area contributed by atoms with Gasteiger partial charge in [-0.15, -0.1) is 12.3 Å². The van der Waals surface area contributed by atoms with Gasteiger partial charge in [0.05, 0.1) is 6.42 Å². The number of aliphatic carboxylic acids is 1. The smallest absolute Gasteiger partial charge is 0.327 e. The van der Waals surface area contributed by atoms with Crippen molar-refractivity contribution < 1.29 is 14.7 Å². The van der Waals surface area contributed by atoms with Crippen LogP contribution in [0.4, 0.5) is 0 Å². The van der Waals surface area contributed by atoms with Crippen molar-refractivity contribution in [3.63, 3.8) is 0 Å². The van der Waals surface area contributed by atoms with Crippen molar-refractivity contribution in [2.75, 3.05) is 0 Å². The molecule has 0 bridgehead atoms. The van der Waals surface area contributed by atoms with E-state index in [0.717, 1.165) is 11.1 Å². The summed E-state index contributed by atoms with van der Waals surface area (Å²) < 4.78 is 0. The number of carbonyl (C=O) groups excluding carboxylic acids is 1. The molecule has 0 radical (unpaired) electrons. The van der Waals surface area contributed by atoms with Crippen molar-refractivity contribution >= 4 is 11.9 Å². The molecule has 1 amide bonds. The summed E-state index contributed by atoms with van der Waals surface area (Å²) in [6.07, 6.45) is 5.19. The van der Waals surface area contributed by atoms with E-state index in [4.69, 9.17) is 11.5 Å². The zero-order valence-corrected chi connectivity index (χ0v) is 10.1. The van der Waals surface area contributed by atoms with Gasteiger partial charge in [0.25, 0.3) is 0 Å². The second-order valence-electron chi connectivity index (χ2n) is 3.97. The van der Waals surface area contributed by atoms with Gasteiger partial charge < -0.3 is 10.4 Å². The Kier molecular flexibility index (Phi) is 4.94. The molecular formula is C14H15NO3. The van der Waals surface area contributed by atoms with Gasteiger partial charge in [0.15, 0.2) is 0 Å². The van der Waals surface area contributed by atoms with E-state index in [1.165, 1.54) is 0 Å². The third kappa shape index (κ3) is 3.95. The topological polar surface area (TPSA) is 66.4 Å². The maximum absolute atomic E-state index is 11.7. The summed E-state index contributed by atoms with van der Waals surface area (Å²) in [5.74, 6) is 0.774. The first-order valence-corrected chi connectivity index (χ1v) is 5.54. The Balaban J connectivity index is 2.64. The van der Waals surface area contributed by atoms with Crippen LogP contribution in [0, 0.1) is 19.3 Å². The predicted molar refractivity (Wildman–Crippen MR) is 67.9 cm³/mol. The minimum Gasteiger partial charge on any atom is -0.480 e. The highest BCUT2D eigenvalue weighted by Gasteiger charge is 2.18. The van der Waals surface area contributed by atoms with E-state index in [0.29, 0.717) is 0 Å². The summed E-state index contributed by atoms with van der Waals surface area (Å²) in [6, 6.07) is 6.44. The van der Waals surface area contributed by atoms with Crippen molar-refractivity contribution in [3.05, 3.63) is 35.4 Å². The molecule has 0 saturated heterocycles. The Morgan fingerprint density at radius 1 is 1.44 bits per heavy atom. The average molecular weight is 245 g/mol. The number of carboxylic acids is 1. The third-order valence-electron chi connectivity index (χ3n) is 2.57.